The third kappa shape index (κ3) is 3.36. The zero-order valence-electron chi connectivity index (χ0n) is 14.3. The first kappa shape index (κ1) is 16.3. The van der Waals surface area contributed by atoms with Crippen LogP contribution in [0.4, 0.5) is 0 Å². The molecule has 2 atom stereocenters. The summed E-state index contributed by atoms with van der Waals surface area (Å²) in [7, 11) is 0. The highest BCUT2D eigenvalue weighted by atomic mass is 32.2. The molecule has 2 aliphatic heterocycles. The highest BCUT2D eigenvalue weighted by molar-refractivity contribution is 7.98. The van der Waals surface area contributed by atoms with Crippen molar-refractivity contribution < 1.29 is 0 Å². The molecule has 0 unspecified atom stereocenters. The molecule has 0 radical (unpaired) electrons. The van der Waals surface area contributed by atoms with Crippen molar-refractivity contribution in [2.24, 2.45) is 0 Å². The Balaban J connectivity index is 1.71. The molecule has 0 spiro atoms. The summed E-state index contributed by atoms with van der Waals surface area (Å²) < 4.78 is 2.12. The highest BCUT2D eigenvalue weighted by Crippen LogP contribution is 2.28. The molecule has 2 fully saturated rings. The molecule has 3 rings (SSSR count). The fourth-order valence-corrected chi connectivity index (χ4v) is 4.56. The third-order valence-electron chi connectivity index (χ3n) is 5.44. The average molecular weight is 323 g/mol. The Kier molecular flexibility index (Phi) is 5.47. The maximum Gasteiger partial charge on any atom is 0.0537 e. The molecule has 5 heteroatoms. The normalized spacial score (nSPS) is 26.5. The van der Waals surface area contributed by atoms with E-state index in [2.05, 4.69) is 45.9 Å². The molecule has 0 aromatic carbocycles. The molecule has 0 bridgehead atoms. The zero-order chi connectivity index (χ0) is 15.5. The molecule has 22 heavy (non-hydrogen) atoms. The van der Waals surface area contributed by atoms with Gasteiger partial charge in [0.25, 0.3) is 0 Å². The fraction of sp³-hybridized carbons (Fsp3) is 0.824. The number of aromatic nitrogens is 2. The van der Waals surface area contributed by atoms with Crippen molar-refractivity contribution in [3.63, 3.8) is 0 Å². The van der Waals surface area contributed by atoms with Crippen LogP contribution < -0.4 is 0 Å². The van der Waals surface area contributed by atoms with Crippen molar-refractivity contribution in [1.29, 1.82) is 0 Å². The minimum atomic E-state index is 0.714. The molecular weight excluding hydrogens is 292 g/mol. The molecule has 1 aromatic rings. The fourth-order valence-electron chi connectivity index (χ4n) is 4.05. The van der Waals surface area contributed by atoms with Gasteiger partial charge in [-0.05, 0) is 51.7 Å². The Hall–Kier alpha value is -0.520. The first-order chi connectivity index (χ1) is 10.7. The molecule has 2 saturated heterocycles. The second-order valence-electron chi connectivity index (χ2n) is 6.73. The van der Waals surface area contributed by atoms with E-state index in [1.54, 1.807) is 0 Å². The summed E-state index contributed by atoms with van der Waals surface area (Å²) in [5.74, 6) is 1.27. The van der Waals surface area contributed by atoms with Crippen LogP contribution in [0.25, 0.3) is 0 Å². The summed E-state index contributed by atoms with van der Waals surface area (Å²) in [5.41, 5.74) is 2.77. The van der Waals surface area contributed by atoms with Crippen molar-refractivity contribution in [2.75, 3.05) is 31.6 Å². The molecule has 0 N–H and O–H groups in total. The van der Waals surface area contributed by atoms with Gasteiger partial charge >= 0.3 is 0 Å². The van der Waals surface area contributed by atoms with E-state index in [1.165, 1.54) is 55.9 Å². The molecule has 124 valence electrons. The maximum absolute atomic E-state index is 4.53. The van der Waals surface area contributed by atoms with Crippen LogP contribution in [-0.2, 0) is 13.1 Å². The van der Waals surface area contributed by atoms with Gasteiger partial charge in [-0.25, -0.2) is 0 Å². The Morgan fingerprint density at radius 3 is 2.95 bits per heavy atom. The van der Waals surface area contributed by atoms with Crippen LogP contribution in [0, 0.1) is 6.92 Å². The molecule has 0 amide bonds. The lowest BCUT2D eigenvalue weighted by molar-refractivity contribution is 0.0441. The summed E-state index contributed by atoms with van der Waals surface area (Å²) in [4.78, 5) is 5.48. The molecule has 4 nitrogen and oxygen atoms in total. The molecule has 3 heterocycles. The van der Waals surface area contributed by atoms with Gasteiger partial charge in [0.05, 0.1) is 6.20 Å². The second-order valence-corrected chi connectivity index (χ2v) is 7.71. The van der Waals surface area contributed by atoms with E-state index >= 15 is 0 Å². The number of rotatable bonds is 6. The van der Waals surface area contributed by atoms with Gasteiger partial charge in [-0.15, -0.1) is 0 Å². The number of aryl methyl sites for hydroxylation is 1. The van der Waals surface area contributed by atoms with Gasteiger partial charge < -0.3 is 0 Å². The van der Waals surface area contributed by atoms with Crippen molar-refractivity contribution in [3.05, 3.63) is 17.5 Å². The van der Waals surface area contributed by atoms with Crippen LogP contribution in [0.2, 0.25) is 0 Å². The molecule has 0 aliphatic carbocycles. The Labute approximate surface area is 139 Å². The maximum atomic E-state index is 4.53. The standard InChI is InChI=1S/C17H30N4S/c1-4-21-14(2)15(10-18-21)11-20-13-16-6-5-8-19(16)12-17(20)7-9-22-3/h10,16-17H,4-9,11-13H2,1-3H3/t16-,17-/m0/s1. The van der Waals surface area contributed by atoms with Crippen molar-refractivity contribution in [1.82, 2.24) is 19.6 Å². The molecular formula is C17H30N4S. The van der Waals surface area contributed by atoms with E-state index in [1.807, 2.05) is 11.8 Å². The quantitative estimate of drug-likeness (QED) is 0.803. The number of piperazine rings is 1. The van der Waals surface area contributed by atoms with Gasteiger partial charge in [-0.3, -0.25) is 14.5 Å². The Bertz CT molecular complexity index is 487. The number of hydrogen-bond donors (Lipinski definition) is 0. The minimum absolute atomic E-state index is 0.714. The van der Waals surface area contributed by atoms with Gasteiger partial charge in [-0.2, -0.15) is 16.9 Å². The lowest BCUT2D eigenvalue weighted by atomic mass is 10.0. The molecule has 1 aromatic heterocycles. The smallest absolute Gasteiger partial charge is 0.0537 e. The van der Waals surface area contributed by atoms with E-state index in [9.17, 15) is 0 Å². The van der Waals surface area contributed by atoms with E-state index in [0.717, 1.165) is 19.1 Å². The second kappa shape index (κ2) is 7.37. The van der Waals surface area contributed by atoms with Crippen molar-refractivity contribution in [3.8, 4) is 0 Å². The first-order valence-electron chi connectivity index (χ1n) is 8.71. The third-order valence-corrected chi connectivity index (χ3v) is 6.08. The van der Waals surface area contributed by atoms with Gasteiger partial charge in [0, 0.05) is 49.5 Å². The van der Waals surface area contributed by atoms with Gasteiger partial charge in [0.2, 0.25) is 0 Å². The Morgan fingerprint density at radius 2 is 2.23 bits per heavy atom. The number of fused-ring (bicyclic) bond motifs is 1. The average Bonchev–Trinajstić information content (AvgIpc) is 3.11. The Morgan fingerprint density at radius 1 is 1.36 bits per heavy atom. The van der Waals surface area contributed by atoms with Crippen LogP contribution in [0.5, 0.6) is 0 Å². The van der Waals surface area contributed by atoms with E-state index in [4.69, 9.17) is 0 Å². The SMILES string of the molecule is CCn1ncc(CN2C[C@@H]3CCCN3C[C@@H]2CCSC)c1C. The number of hydrogen-bond acceptors (Lipinski definition) is 4. The first-order valence-corrected chi connectivity index (χ1v) is 10.1. The van der Waals surface area contributed by atoms with Crippen LogP contribution >= 0.6 is 11.8 Å². The number of nitrogens with zero attached hydrogens (tertiary/aromatic N) is 4. The summed E-state index contributed by atoms with van der Waals surface area (Å²) in [5, 5.41) is 4.53. The van der Waals surface area contributed by atoms with Crippen molar-refractivity contribution in [2.45, 2.75) is 58.3 Å². The summed E-state index contributed by atoms with van der Waals surface area (Å²) in [6.45, 7) is 10.3. The van der Waals surface area contributed by atoms with E-state index in [0.29, 0.717) is 6.04 Å². The summed E-state index contributed by atoms with van der Waals surface area (Å²) in [6, 6.07) is 1.51. The topological polar surface area (TPSA) is 24.3 Å². The van der Waals surface area contributed by atoms with E-state index in [-0.39, 0.29) is 0 Å². The van der Waals surface area contributed by atoms with Crippen LogP contribution in [-0.4, -0.2) is 63.3 Å². The molecule has 2 aliphatic rings. The van der Waals surface area contributed by atoms with Crippen LogP contribution in [0.15, 0.2) is 6.20 Å². The largest absolute Gasteiger partial charge is 0.298 e. The van der Waals surface area contributed by atoms with Gasteiger partial charge in [-0.1, -0.05) is 0 Å². The number of thioether (sulfide) groups is 1. The minimum Gasteiger partial charge on any atom is -0.298 e. The predicted molar refractivity (Wildman–Crippen MR) is 94.4 cm³/mol. The van der Waals surface area contributed by atoms with E-state index < -0.39 is 0 Å². The van der Waals surface area contributed by atoms with Gasteiger partial charge in [0.1, 0.15) is 0 Å². The summed E-state index contributed by atoms with van der Waals surface area (Å²) >= 11 is 1.98. The summed E-state index contributed by atoms with van der Waals surface area (Å²) in [6.07, 6.45) is 8.40. The van der Waals surface area contributed by atoms with Gasteiger partial charge in [0.15, 0.2) is 0 Å². The van der Waals surface area contributed by atoms with Crippen LogP contribution in [0.1, 0.15) is 37.4 Å². The lowest BCUT2D eigenvalue weighted by Gasteiger charge is -2.44. The van der Waals surface area contributed by atoms with Crippen LogP contribution in [0.3, 0.4) is 0 Å². The van der Waals surface area contributed by atoms with Crippen molar-refractivity contribution >= 4 is 11.8 Å². The monoisotopic (exact) mass is 322 g/mol. The zero-order valence-corrected chi connectivity index (χ0v) is 15.1. The predicted octanol–water partition coefficient (Wildman–Crippen LogP) is 2.61. The highest BCUT2D eigenvalue weighted by Gasteiger charge is 2.36. The molecule has 0 saturated carbocycles. The lowest BCUT2D eigenvalue weighted by Crippen LogP contribution is -2.55.